The van der Waals surface area contributed by atoms with Crippen LogP contribution in [0.2, 0.25) is 0 Å². The number of fused-ring (bicyclic) bond motifs is 10. The number of hydrogen-bond donors (Lipinski definition) is 0. The third-order valence-electron chi connectivity index (χ3n) is 7.32. The zero-order chi connectivity index (χ0) is 21.3. The molecule has 2 aliphatic carbocycles. The Morgan fingerprint density at radius 3 is 1.56 bits per heavy atom. The highest BCUT2D eigenvalue weighted by Crippen LogP contribution is 2.64. The Morgan fingerprint density at radius 2 is 0.938 bits per heavy atom. The Labute approximate surface area is 188 Å². The van der Waals surface area contributed by atoms with Gasteiger partial charge >= 0.3 is 0 Å². The lowest BCUT2D eigenvalue weighted by Gasteiger charge is -2.30. The van der Waals surface area contributed by atoms with Crippen molar-refractivity contribution in [2.45, 2.75) is 12.3 Å². The van der Waals surface area contributed by atoms with Gasteiger partial charge in [-0.05, 0) is 62.6 Å². The molecule has 0 N–H and O–H groups in total. The summed E-state index contributed by atoms with van der Waals surface area (Å²) in [5, 5.41) is 0. The second-order valence-corrected chi connectivity index (χ2v) is 8.99. The minimum absolute atomic E-state index is 0.269. The van der Waals surface area contributed by atoms with Gasteiger partial charge in [-0.15, -0.1) is 0 Å². The Kier molecular flexibility index (Phi) is 3.50. The van der Waals surface area contributed by atoms with Gasteiger partial charge in [-0.25, -0.2) is 0 Å². The number of aryl methyl sites for hydroxylation is 1. The molecule has 0 nitrogen and oxygen atoms in total. The minimum Gasteiger partial charge on any atom is -0.0622 e. The highest BCUT2D eigenvalue weighted by Gasteiger charge is 2.52. The largest absolute Gasteiger partial charge is 0.0725 e. The molecule has 2 aliphatic rings. The summed E-state index contributed by atoms with van der Waals surface area (Å²) in [7, 11) is 0. The molecule has 0 bridgehead atoms. The second-order valence-electron chi connectivity index (χ2n) is 8.99. The molecular weight excluding hydrogens is 384 g/mol. The van der Waals surface area contributed by atoms with Crippen molar-refractivity contribution < 1.29 is 0 Å². The average Bonchev–Trinajstić information content (AvgIpc) is 3.31. The fourth-order valence-corrected chi connectivity index (χ4v) is 6.21. The lowest BCUT2D eigenvalue weighted by molar-refractivity contribution is 0.793. The molecule has 5 aromatic carbocycles. The van der Waals surface area contributed by atoms with E-state index in [1.165, 1.54) is 61.2 Å². The van der Waals surface area contributed by atoms with Gasteiger partial charge in [0.25, 0.3) is 0 Å². The molecular formula is C32H22. The van der Waals surface area contributed by atoms with Crippen molar-refractivity contribution >= 4 is 0 Å². The molecule has 1 spiro atoms. The van der Waals surface area contributed by atoms with E-state index in [1.807, 2.05) is 0 Å². The molecule has 0 heteroatoms. The molecule has 0 saturated carbocycles. The van der Waals surface area contributed by atoms with Crippen LogP contribution in [0, 0.1) is 6.92 Å². The van der Waals surface area contributed by atoms with Crippen molar-refractivity contribution in [2.75, 3.05) is 0 Å². The predicted octanol–water partition coefficient (Wildman–Crippen LogP) is 8.01. The normalized spacial score (nSPS) is 14.0. The molecule has 0 radical (unpaired) electrons. The van der Waals surface area contributed by atoms with E-state index >= 15 is 0 Å². The van der Waals surface area contributed by atoms with Crippen LogP contribution in [0.5, 0.6) is 0 Å². The van der Waals surface area contributed by atoms with E-state index < -0.39 is 0 Å². The van der Waals surface area contributed by atoms with E-state index in [9.17, 15) is 0 Å². The molecule has 0 heterocycles. The number of rotatable bonds is 1. The van der Waals surface area contributed by atoms with Crippen molar-refractivity contribution in [2.24, 2.45) is 0 Å². The molecule has 0 fully saturated rings. The minimum atomic E-state index is -0.269. The van der Waals surface area contributed by atoms with Crippen LogP contribution in [0.3, 0.4) is 0 Å². The summed E-state index contributed by atoms with van der Waals surface area (Å²) >= 11 is 0. The van der Waals surface area contributed by atoms with E-state index in [2.05, 4.69) is 122 Å². The van der Waals surface area contributed by atoms with Gasteiger partial charge in [-0.2, -0.15) is 0 Å². The summed E-state index contributed by atoms with van der Waals surface area (Å²) in [4.78, 5) is 0. The number of benzene rings is 5. The van der Waals surface area contributed by atoms with E-state index in [0.717, 1.165) is 0 Å². The summed E-state index contributed by atoms with van der Waals surface area (Å²) in [6.07, 6.45) is 0. The van der Waals surface area contributed by atoms with Gasteiger partial charge in [0.15, 0.2) is 0 Å². The first-order valence-electron chi connectivity index (χ1n) is 11.3. The Hall–Kier alpha value is -3.90. The zero-order valence-electron chi connectivity index (χ0n) is 18.0. The topological polar surface area (TPSA) is 0 Å². The lowest BCUT2D eigenvalue weighted by Crippen LogP contribution is -2.25. The molecule has 7 rings (SSSR count). The fraction of sp³-hybridized carbons (Fsp3) is 0.0625. The van der Waals surface area contributed by atoms with Crippen molar-refractivity contribution in [3.8, 4) is 33.4 Å². The monoisotopic (exact) mass is 406 g/mol. The molecule has 5 aromatic rings. The zero-order valence-corrected chi connectivity index (χ0v) is 18.0. The third-order valence-corrected chi connectivity index (χ3v) is 7.32. The average molecular weight is 407 g/mol. The Bertz CT molecular complexity index is 1480. The maximum absolute atomic E-state index is 2.43. The van der Waals surface area contributed by atoms with Crippen LogP contribution in [0.4, 0.5) is 0 Å². The van der Waals surface area contributed by atoms with Gasteiger partial charge in [0.2, 0.25) is 0 Å². The van der Waals surface area contributed by atoms with E-state index in [1.54, 1.807) is 0 Å². The lowest BCUT2D eigenvalue weighted by atomic mass is 9.70. The van der Waals surface area contributed by atoms with Crippen molar-refractivity contribution in [1.29, 1.82) is 0 Å². The SMILES string of the molecule is Cc1cc(-c2ccccc2)c2c(c1)C1(c3ccccc3-c3ccccc31)c1ccccc1-2. The number of hydrogen-bond acceptors (Lipinski definition) is 0. The molecule has 0 unspecified atom stereocenters. The molecule has 0 atom stereocenters. The van der Waals surface area contributed by atoms with Gasteiger partial charge in [-0.3, -0.25) is 0 Å². The standard InChI is InChI=1S/C32H22/c1-21-19-26(22-11-3-2-4-12-22)31-25-15-7-10-18-29(25)32(30(31)20-21)27-16-8-5-13-23(27)24-14-6-9-17-28(24)32/h2-20H,1H3. The first-order valence-corrected chi connectivity index (χ1v) is 11.3. The summed E-state index contributed by atoms with van der Waals surface area (Å²) in [6.45, 7) is 2.23. The molecule has 0 aliphatic heterocycles. The van der Waals surface area contributed by atoms with Crippen molar-refractivity contribution in [3.63, 3.8) is 0 Å². The molecule has 150 valence electrons. The summed E-state index contributed by atoms with van der Waals surface area (Å²) in [6, 6.07) is 42.7. The Balaban J connectivity index is 1.70. The second kappa shape index (κ2) is 6.31. The van der Waals surface area contributed by atoms with Crippen LogP contribution < -0.4 is 0 Å². The molecule has 0 amide bonds. The quantitative estimate of drug-likeness (QED) is 0.259. The van der Waals surface area contributed by atoms with E-state index in [0.29, 0.717) is 0 Å². The van der Waals surface area contributed by atoms with Crippen LogP contribution in [0.1, 0.15) is 27.8 Å². The maximum atomic E-state index is 2.43. The van der Waals surface area contributed by atoms with Gasteiger partial charge in [0.05, 0.1) is 5.41 Å². The summed E-state index contributed by atoms with van der Waals surface area (Å²) in [5.41, 5.74) is 14.7. The smallest absolute Gasteiger partial charge is 0.0622 e. The van der Waals surface area contributed by atoms with Crippen LogP contribution in [0.15, 0.2) is 115 Å². The van der Waals surface area contributed by atoms with Crippen LogP contribution >= 0.6 is 0 Å². The van der Waals surface area contributed by atoms with Crippen LogP contribution in [-0.4, -0.2) is 0 Å². The van der Waals surface area contributed by atoms with E-state index in [-0.39, 0.29) is 5.41 Å². The highest BCUT2D eigenvalue weighted by atomic mass is 14.5. The van der Waals surface area contributed by atoms with E-state index in [4.69, 9.17) is 0 Å². The molecule has 0 saturated heterocycles. The van der Waals surface area contributed by atoms with Gasteiger partial charge < -0.3 is 0 Å². The molecule has 32 heavy (non-hydrogen) atoms. The van der Waals surface area contributed by atoms with Gasteiger partial charge in [0, 0.05) is 0 Å². The van der Waals surface area contributed by atoms with Crippen LogP contribution in [0.25, 0.3) is 33.4 Å². The van der Waals surface area contributed by atoms with Crippen LogP contribution in [-0.2, 0) is 5.41 Å². The maximum Gasteiger partial charge on any atom is 0.0725 e. The van der Waals surface area contributed by atoms with Gasteiger partial charge in [0.1, 0.15) is 0 Å². The third kappa shape index (κ3) is 2.07. The Morgan fingerprint density at radius 1 is 0.438 bits per heavy atom. The fourth-order valence-electron chi connectivity index (χ4n) is 6.21. The van der Waals surface area contributed by atoms with Gasteiger partial charge in [-0.1, -0.05) is 121 Å². The first kappa shape index (κ1) is 17.7. The first-order chi connectivity index (χ1) is 15.8. The molecule has 0 aromatic heterocycles. The summed E-state index contributed by atoms with van der Waals surface area (Å²) < 4.78 is 0. The summed E-state index contributed by atoms with van der Waals surface area (Å²) in [5.74, 6) is 0. The van der Waals surface area contributed by atoms with Crippen molar-refractivity contribution in [3.05, 3.63) is 143 Å². The highest BCUT2D eigenvalue weighted by molar-refractivity contribution is 6.00. The van der Waals surface area contributed by atoms with Crippen molar-refractivity contribution in [1.82, 2.24) is 0 Å². The predicted molar refractivity (Wildman–Crippen MR) is 133 cm³/mol.